The highest BCUT2D eigenvalue weighted by molar-refractivity contribution is 7.99. The van der Waals surface area contributed by atoms with Crippen LogP contribution in [0.15, 0.2) is 64.5 Å². The molecule has 42 heavy (non-hydrogen) atoms. The molecule has 0 aliphatic carbocycles. The lowest BCUT2D eigenvalue weighted by Crippen LogP contribution is -2.28. The van der Waals surface area contributed by atoms with Gasteiger partial charge in [0.05, 0.1) is 50.1 Å². The molecule has 1 aliphatic rings. The quantitative estimate of drug-likeness (QED) is 0.157. The molecule has 11 nitrogen and oxygen atoms in total. The van der Waals surface area contributed by atoms with Crippen LogP contribution in [0.5, 0.6) is 23.0 Å². The Labute approximate surface area is 245 Å². The summed E-state index contributed by atoms with van der Waals surface area (Å²) in [6.45, 7) is 0.744. The fourth-order valence-corrected chi connectivity index (χ4v) is 5.31. The minimum Gasteiger partial charge on any atom is -0.493 e. The average molecular weight is 592 g/mol. The normalized spacial score (nSPS) is 11.8. The molecule has 0 atom stereocenters. The zero-order valence-corrected chi connectivity index (χ0v) is 24.1. The lowest BCUT2D eigenvalue weighted by Gasteiger charge is -2.14. The predicted molar refractivity (Wildman–Crippen MR) is 156 cm³/mol. The summed E-state index contributed by atoms with van der Waals surface area (Å²) >= 11 is 1.14. The molecule has 1 amide bonds. The summed E-state index contributed by atoms with van der Waals surface area (Å²) in [5, 5.41) is 3.59. The third-order valence-electron chi connectivity index (χ3n) is 6.64. The number of rotatable bonds is 11. The van der Waals surface area contributed by atoms with E-state index in [0.29, 0.717) is 52.0 Å². The van der Waals surface area contributed by atoms with Gasteiger partial charge in [0, 0.05) is 6.54 Å². The Balaban J connectivity index is 1.34. The maximum Gasteiger partial charge on any atom is 0.337 e. The second-order valence-electron chi connectivity index (χ2n) is 9.27. The Bertz CT molecular complexity index is 1700. The number of hydrogen-bond acceptors (Lipinski definition) is 10. The van der Waals surface area contributed by atoms with Gasteiger partial charge in [-0.1, -0.05) is 23.9 Å². The van der Waals surface area contributed by atoms with E-state index in [9.17, 15) is 14.4 Å². The lowest BCUT2D eigenvalue weighted by atomic mass is 10.1. The summed E-state index contributed by atoms with van der Waals surface area (Å²) in [5.41, 5.74) is 2.09. The molecule has 1 N–H and O–H groups in total. The number of ether oxygens (including phenoxy) is 5. The summed E-state index contributed by atoms with van der Waals surface area (Å²) in [7, 11) is 4.44. The number of carbonyl (C=O) groups is 2. The molecule has 4 aromatic rings. The van der Waals surface area contributed by atoms with Crippen molar-refractivity contribution in [3.8, 4) is 23.0 Å². The van der Waals surface area contributed by atoms with E-state index < -0.39 is 5.97 Å². The second kappa shape index (κ2) is 12.9. The van der Waals surface area contributed by atoms with Crippen molar-refractivity contribution in [2.75, 3.05) is 40.4 Å². The Kier molecular flexibility index (Phi) is 8.82. The van der Waals surface area contributed by atoms with Gasteiger partial charge in [0.15, 0.2) is 28.2 Å². The third kappa shape index (κ3) is 6.28. The maximum absolute atomic E-state index is 13.6. The van der Waals surface area contributed by atoms with Crippen LogP contribution < -0.4 is 29.8 Å². The van der Waals surface area contributed by atoms with E-state index in [1.807, 2.05) is 30.3 Å². The second-order valence-corrected chi connectivity index (χ2v) is 10.2. The fraction of sp³-hybridized carbons (Fsp3) is 0.267. The van der Waals surface area contributed by atoms with Gasteiger partial charge in [0.1, 0.15) is 0 Å². The number of esters is 1. The Morgan fingerprint density at radius 3 is 2.52 bits per heavy atom. The summed E-state index contributed by atoms with van der Waals surface area (Å²) < 4.78 is 27.8. The van der Waals surface area contributed by atoms with E-state index in [0.717, 1.165) is 22.9 Å². The highest BCUT2D eigenvalue weighted by Gasteiger charge is 2.18. The molecule has 1 aromatic heterocycles. The van der Waals surface area contributed by atoms with Crippen LogP contribution in [-0.4, -0.2) is 61.8 Å². The molecule has 12 heteroatoms. The number of carbonyl (C=O) groups excluding carboxylic acids is 2. The first kappa shape index (κ1) is 28.8. The molecule has 0 fully saturated rings. The van der Waals surface area contributed by atoms with Gasteiger partial charge < -0.3 is 29.0 Å². The van der Waals surface area contributed by atoms with Gasteiger partial charge in [-0.3, -0.25) is 14.2 Å². The molecule has 0 saturated heterocycles. The molecule has 0 unspecified atom stereocenters. The van der Waals surface area contributed by atoms with Crippen LogP contribution in [0.25, 0.3) is 10.9 Å². The minimum atomic E-state index is -0.536. The Morgan fingerprint density at radius 1 is 0.952 bits per heavy atom. The molecule has 3 aromatic carbocycles. The van der Waals surface area contributed by atoms with E-state index in [-0.39, 0.29) is 36.1 Å². The van der Waals surface area contributed by atoms with Gasteiger partial charge in [0.25, 0.3) is 5.56 Å². The van der Waals surface area contributed by atoms with Crippen LogP contribution >= 0.6 is 11.8 Å². The van der Waals surface area contributed by atoms with Crippen molar-refractivity contribution in [3.63, 3.8) is 0 Å². The van der Waals surface area contributed by atoms with Gasteiger partial charge in [-0.25, -0.2) is 9.78 Å². The molecule has 0 bridgehead atoms. The van der Waals surface area contributed by atoms with Crippen molar-refractivity contribution in [1.82, 2.24) is 14.9 Å². The largest absolute Gasteiger partial charge is 0.493 e. The van der Waals surface area contributed by atoms with Crippen LogP contribution in [-0.2, 0) is 22.5 Å². The topological polar surface area (TPSA) is 127 Å². The first-order valence-electron chi connectivity index (χ1n) is 13.0. The fourth-order valence-electron chi connectivity index (χ4n) is 4.48. The van der Waals surface area contributed by atoms with Crippen molar-refractivity contribution < 1.29 is 33.3 Å². The molecule has 218 valence electrons. The molecule has 2 heterocycles. The van der Waals surface area contributed by atoms with Gasteiger partial charge in [0.2, 0.25) is 12.7 Å². The molecular weight excluding hydrogens is 562 g/mol. The molecule has 0 saturated carbocycles. The van der Waals surface area contributed by atoms with Crippen molar-refractivity contribution >= 4 is 34.5 Å². The van der Waals surface area contributed by atoms with Gasteiger partial charge in [-0.2, -0.15) is 0 Å². The molecule has 0 spiro atoms. The number of nitrogens with one attached hydrogen (secondary N) is 1. The van der Waals surface area contributed by atoms with Crippen LogP contribution in [0.2, 0.25) is 0 Å². The average Bonchev–Trinajstić information content (AvgIpc) is 3.49. The highest BCUT2D eigenvalue weighted by Crippen LogP contribution is 2.33. The first-order valence-corrected chi connectivity index (χ1v) is 14.0. The van der Waals surface area contributed by atoms with Crippen LogP contribution in [0, 0.1) is 0 Å². The van der Waals surface area contributed by atoms with E-state index in [4.69, 9.17) is 23.7 Å². The highest BCUT2D eigenvalue weighted by atomic mass is 32.2. The number of amides is 1. The molecule has 5 rings (SSSR count). The number of benzene rings is 3. The lowest BCUT2D eigenvalue weighted by molar-refractivity contribution is -0.118. The molecule has 1 aliphatic heterocycles. The van der Waals surface area contributed by atoms with Crippen molar-refractivity contribution in [2.45, 2.75) is 18.1 Å². The van der Waals surface area contributed by atoms with E-state index in [2.05, 4.69) is 10.3 Å². The number of fused-ring (bicyclic) bond motifs is 2. The summed E-state index contributed by atoms with van der Waals surface area (Å²) in [6, 6.07) is 15.7. The number of aromatic nitrogens is 2. The van der Waals surface area contributed by atoms with Crippen molar-refractivity contribution in [1.29, 1.82) is 0 Å². The van der Waals surface area contributed by atoms with Gasteiger partial charge >= 0.3 is 5.97 Å². The smallest absolute Gasteiger partial charge is 0.337 e. The van der Waals surface area contributed by atoms with E-state index in [1.165, 1.54) is 23.8 Å². The monoisotopic (exact) mass is 591 g/mol. The van der Waals surface area contributed by atoms with E-state index in [1.54, 1.807) is 26.4 Å². The van der Waals surface area contributed by atoms with Gasteiger partial charge in [-0.05, 0) is 60.0 Å². The molecule has 0 radical (unpaired) electrons. The van der Waals surface area contributed by atoms with Crippen LogP contribution in [0.4, 0.5) is 0 Å². The summed E-state index contributed by atoms with van der Waals surface area (Å²) in [4.78, 5) is 43.2. The first-order chi connectivity index (χ1) is 20.4. The summed E-state index contributed by atoms with van der Waals surface area (Å²) in [6.07, 6.45) is 0.593. The number of hydrogen-bond donors (Lipinski definition) is 1. The standard InChI is InChI=1S/C30H29N3O8S/c1-37-23-8-4-18(12-25(23)38-2)10-11-31-27(34)16-42-30-32-22-14-20(29(36)39-3)6-7-21(22)28(35)33(30)15-19-5-9-24-26(13-19)41-17-40-24/h4-9,12-14H,10-11,15-17H2,1-3H3,(H,31,34). The van der Waals surface area contributed by atoms with Crippen molar-refractivity contribution in [3.05, 3.63) is 81.6 Å². The summed E-state index contributed by atoms with van der Waals surface area (Å²) in [5.74, 6) is 1.77. The zero-order valence-electron chi connectivity index (χ0n) is 23.3. The zero-order chi connectivity index (χ0) is 29.6. The third-order valence-corrected chi connectivity index (χ3v) is 7.61. The minimum absolute atomic E-state index is 0.0295. The van der Waals surface area contributed by atoms with Crippen LogP contribution in [0.3, 0.4) is 0 Å². The van der Waals surface area contributed by atoms with Crippen molar-refractivity contribution in [2.24, 2.45) is 0 Å². The number of nitrogens with zero attached hydrogens (tertiary/aromatic N) is 2. The van der Waals surface area contributed by atoms with Crippen LogP contribution in [0.1, 0.15) is 21.5 Å². The molecular formula is C30H29N3O8S. The predicted octanol–water partition coefficient (Wildman–Crippen LogP) is 3.43. The SMILES string of the molecule is COC(=O)c1ccc2c(=O)n(Cc3ccc4c(c3)OCO4)c(SCC(=O)NCCc3ccc(OC)c(OC)c3)nc2c1. The van der Waals surface area contributed by atoms with Gasteiger partial charge in [-0.15, -0.1) is 0 Å². The Hall–Kier alpha value is -4.71. The van der Waals surface area contributed by atoms with E-state index >= 15 is 0 Å². The number of methoxy groups -OCH3 is 3. The Morgan fingerprint density at radius 2 is 1.74 bits per heavy atom. The maximum atomic E-state index is 13.6. The number of thioether (sulfide) groups is 1.